The molecule has 1 saturated carbocycles. The molecule has 3 heteroatoms. The van der Waals surface area contributed by atoms with Gasteiger partial charge in [-0.3, -0.25) is 4.79 Å². The zero-order valence-electron chi connectivity index (χ0n) is 10.1. The number of carbonyl (C=O) groups excluding carboxylic acids is 1. The summed E-state index contributed by atoms with van der Waals surface area (Å²) in [6.07, 6.45) is 3.09. The van der Waals surface area contributed by atoms with Crippen molar-refractivity contribution in [2.24, 2.45) is 5.41 Å². The first kappa shape index (κ1) is 10.9. The van der Waals surface area contributed by atoms with Crippen LogP contribution in [0, 0.1) is 5.41 Å². The van der Waals surface area contributed by atoms with E-state index in [1.54, 1.807) is 0 Å². The third-order valence-electron chi connectivity index (χ3n) is 3.45. The van der Waals surface area contributed by atoms with E-state index in [4.69, 9.17) is 4.74 Å². The van der Waals surface area contributed by atoms with E-state index in [0.717, 1.165) is 19.4 Å². The van der Waals surface area contributed by atoms with Crippen molar-refractivity contribution in [2.75, 3.05) is 6.54 Å². The number of esters is 1. The maximum atomic E-state index is 11.9. The van der Waals surface area contributed by atoms with Gasteiger partial charge in [0, 0.05) is 5.54 Å². The standard InChI is InChI=1S/C12H21NO2/c1-10(2,3)15-9(14)11(4)7-12(8-11)5-6-13-12/h13H,5-8H2,1-4H3. The lowest BCUT2D eigenvalue weighted by Crippen LogP contribution is -2.69. The first-order valence-corrected chi connectivity index (χ1v) is 5.73. The summed E-state index contributed by atoms with van der Waals surface area (Å²) in [5.41, 5.74) is -0.331. The Balaban J connectivity index is 1.92. The topological polar surface area (TPSA) is 38.3 Å². The molecule has 15 heavy (non-hydrogen) atoms. The first-order valence-electron chi connectivity index (χ1n) is 5.73. The number of rotatable bonds is 1. The average Bonchev–Trinajstić information content (AvgIpc) is 1.91. The summed E-state index contributed by atoms with van der Waals surface area (Å²) in [5, 5.41) is 3.42. The molecule has 1 N–H and O–H groups in total. The normalized spacial score (nSPS) is 39.5. The fraction of sp³-hybridized carbons (Fsp3) is 0.917. The minimum absolute atomic E-state index is 0.0330. The maximum absolute atomic E-state index is 11.9. The SMILES string of the molecule is CC(C)(C)OC(=O)C1(C)CC2(CCN2)C1. The summed E-state index contributed by atoms with van der Waals surface area (Å²) in [6.45, 7) is 8.88. The van der Waals surface area contributed by atoms with E-state index in [-0.39, 0.29) is 22.5 Å². The maximum Gasteiger partial charge on any atom is 0.312 e. The molecule has 0 atom stereocenters. The number of nitrogens with one attached hydrogen (secondary N) is 1. The fourth-order valence-corrected chi connectivity index (χ4v) is 2.77. The van der Waals surface area contributed by atoms with Gasteiger partial charge in [0.15, 0.2) is 0 Å². The molecule has 0 aromatic heterocycles. The Morgan fingerprint density at radius 1 is 1.33 bits per heavy atom. The molecule has 0 bridgehead atoms. The molecule has 2 fully saturated rings. The van der Waals surface area contributed by atoms with Crippen molar-refractivity contribution in [3.8, 4) is 0 Å². The Kier molecular flexibility index (Phi) is 2.16. The second kappa shape index (κ2) is 2.97. The lowest BCUT2D eigenvalue weighted by Gasteiger charge is -2.59. The molecule has 0 aromatic rings. The van der Waals surface area contributed by atoms with Crippen LogP contribution in [0.15, 0.2) is 0 Å². The second-order valence-corrected chi connectivity index (χ2v) is 6.37. The predicted molar refractivity (Wildman–Crippen MR) is 58.5 cm³/mol. The highest BCUT2D eigenvalue weighted by molar-refractivity contribution is 5.78. The Morgan fingerprint density at radius 3 is 2.20 bits per heavy atom. The summed E-state index contributed by atoms with van der Waals surface area (Å²) in [6, 6.07) is 0. The summed E-state index contributed by atoms with van der Waals surface area (Å²) in [4.78, 5) is 11.9. The van der Waals surface area contributed by atoms with Gasteiger partial charge >= 0.3 is 5.97 Å². The molecule has 0 unspecified atom stereocenters. The van der Waals surface area contributed by atoms with Crippen LogP contribution in [-0.4, -0.2) is 23.7 Å². The molecule has 2 aliphatic rings. The van der Waals surface area contributed by atoms with Crippen LogP contribution < -0.4 is 5.32 Å². The van der Waals surface area contributed by atoms with Gasteiger partial charge in [-0.2, -0.15) is 0 Å². The zero-order valence-corrected chi connectivity index (χ0v) is 10.1. The monoisotopic (exact) mass is 211 g/mol. The summed E-state index contributed by atoms with van der Waals surface area (Å²) < 4.78 is 5.44. The van der Waals surface area contributed by atoms with E-state index >= 15 is 0 Å². The Bertz CT molecular complexity index is 278. The van der Waals surface area contributed by atoms with Gasteiger partial charge in [0.25, 0.3) is 0 Å². The lowest BCUT2D eigenvalue weighted by molar-refractivity contribution is -0.181. The average molecular weight is 211 g/mol. The number of ether oxygens (including phenoxy) is 1. The third kappa shape index (κ3) is 1.89. The van der Waals surface area contributed by atoms with Gasteiger partial charge in [0.2, 0.25) is 0 Å². The van der Waals surface area contributed by atoms with Crippen LogP contribution in [0.4, 0.5) is 0 Å². The van der Waals surface area contributed by atoms with Gasteiger partial charge in [-0.05, 0) is 53.5 Å². The highest BCUT2D eigenvalue weighted by Crippen LogP contribution is 2.53. The summed E-state index contributed by atoms with van der Waals surface area (Å²) in [5.74, 6) is -0.0330. The van der Waals surface area contributed by atoms with Crippen LogP contribution in [0.2, 0.25) is 0 Å². The van der Waals surface area contributed by atoms with E-state index in [1.165, 1.54) is 6.42 Å². The summed E-state index contributed by atoms with van der Waals surface area (Å²) >= 11 is 0. The molecular weight excluding hydrogens is 190 g/mol. The van der Waals surface area contributed by atoms with Gasteiger partial charge in [-0.15, -0.1) is 0 Å². The van der Waals surface area contributed by atoms with Gasteiger partial charge in [0.1, 0.15) is 5.60 Å². The van der Waals surface area contributed by atoms with Gasteiger partial charge < -0.3 is 10.1 Å². The van der Waals surface area contributed by atoms with E-state index < -0.39 is 0 Å². The van der Waals surface area contributed by atoms with Crippen molar-refractivity contribution < 1.29 is 9.53 Å². The molecule has 1 spiro atoms. The molecule has 0 aromatic carbocycles. The minimum atomic E-state index is -0.365. The van der Waals surface area contributed by atoms with Gasteiger partial charge in [-0.1, -0.05) is 0 Å². The van der Waals surface area contributed by atoms with E-state index in [1.807, 2.05) is 27.7 Å². The molecule has 1 aliphatic carbocycles. The van der Waals surface area contributed by atoms with Crippen molar-refractivity contribution >= 4 is 5.97 Å². The Morgan fingerprint density at radius 2 is 1.87 bits per heavy atom. The highest BCUT2D eigenvalue weighted by atomic mass is 16.6. The minimum Gasteiger partial charge on any atom is -0.460 e. The van der Waals surface area contributed by atoms with Crippen LogP contribution in [0.5, 0.6) is 0 Å². The van der Waals surface area contributed by atoms with E-state index in [9.17, 15) is 4.79 Å². The van der Waals surface area contributed by atoms with Crippen molar-refractivity contribution in [1.29, 1.82) is 0 Å². The quantitative estimate of drug-likeness (QED) is 0.673. The predicted octanol–water partition coefficient (Wildman–Crippen LogP) is 1.86. The van der Waals surface area contributed by atoms with Crippen molar-refractivity contribution in [1.82, 2.24) is 5.32 Å². The van der Waals surface area contributed by atoms with Crippen LogP contribution in [0.3, 0.4) is 0 Å². The molecule has 86 valence electrons. The lowest BCUT2D eigenvalue weighted by atomic mass is 9.54. The molecule has 0 radical (unpaired) electrons. The summed E-state index contributed by atoms with van der Waals surface area (Å²) in [7, 11) is 0. The number of hydrogen-bond donors (Lipinski definition) is 1. The fourth-order valence-electron chi connectivity index (χ4n) is 2.77. The number of hydrogen-bond acceptors (Lipinski definition) is 3. The van der Waals surface area contributed by atoms with Crippen molar-refractivity contribution in [3.05, 3.63) is 0 Å². The zero-order chi connectivity index (χ0) is 11.3. The molecule has 2 rings (SSSR count). The molecular formula is C12H21NO2. The Labute approximate surface area is 91.6 Å². The second-order valence-electron chi connectivity index (χ2n) is 6.37. The number of carbonyl (C=O) groups is 1. The van der Waals surface area contributed by atoms with Crippen LogP contribution in [0.1, 0.15) is 47.0 Å². The largest absolute Gasteiger partial charge is 0.460 e. The molecule has 1 heterocycles. The van der Waals surface area contributed by atoms with Gasteiger partial charge in [-0.25, -0.2) is 0 Å². The smallest absolute Gasteiger partial charge is 0.312 e. The van der Waals surface area contributed by atoms with E-state index in [0.29, 0.717) is 0 Å². The first-order chi connectivity index (χ1) is 6.75. The highest BCUT2D eigenvalue weighted by Gasteiger charge is 2.59. The van der Waals surface area contributed by atoms with Crippen molar-refractivity contribution in [3.63, 3.8) is 0 Å². The Hall–Kier alpha value is -0.570. The van der Waals surface area contributed by atoms with Gasteiger partial charge in [0.05, 0.1) is 5.41 Å². The van der Waals surface area contributed by atoms with Crippen LogP contribution in [0.25, 0.3) is 0 Å². The molecule has 1 saturated heterocycles. The van der Waals surface area contributed by atoms with Crippen LogP contribution >= 0.6 is 0 Å². The molecule has 1 aliphatic heterocycles. The van der Waals surface area contributed by atoms with E-state index in [2.05, 4.69) is 5.32 Å². The molecule has 0 amide bonds. The molecule has 3 nitrogen and oxygen atoms in total. The van der Waals surface area contributed by atoms with Crippen molar-refractivity contribution in [2.45, 2.75) is 58.1 Å². The van der Waals surface area contributed by atoms with Crippen LogP contribution in [-0.2, 0) is 9.53 Å². The third-order valence-corrected chi connectivity index (χ3v) is 3.45.